The second-order valence-corrected chi connectivity index (χ2v) is 2.80. The molecule has 5 N–H and O–H groups in total. The average molecular weight is 218 g/mol. The minimum Gasteiger partial charge on any atom is -0.396 e. The highest BCUT2D eigenvalue weighted by molar-refractivity contribution is 5.46. The zero-order valence-corrected chi connectivity index (χ0v) is 7.93. The van der Waals surface area contributed by atoms with Crippen molar-refractivity contribution in [3.8, 4) is 0 Å². The van der Waals surface area contributed by atoms with Crippen molar-refractivity contribution in [3.05, 3.63) is 17.7 Å². The summed E-state index contributed by atoms with van der Waals surface area (Å²) in [5.74, 6) is 2.99. The van der Waals surface area contributed by atoms with Crippen LogP contribution in [0, 0.1) is 11.6 Å². The van der Waals surface area contributed by atoms with E-state index in [2.05, 4.69) is 10.3 Å². The first-order chi connectivity index (χ1) is 7.19. The summed E-state index contributed by atoms with van der Waals surface area (Å²) < 4.78 is 26.0. The smallest absolute Gasteiger partial charge is 0.178 e. The monoisotopic (exact) mass is 218 g/mol. The van der Waals surface area contributed by atoms with Crippen LogP contribution in [-0.2, 0) is 0 Å². The van der Waals surface area contributed by atoms with E-state index in [-0.39, 0.29) is 18.2 Å². The number of anilines is 2. The number of aromatic nitrogens is 1. The largest absolute Gasteiger partial charge is 0.396 e. The van der Waals surface area contributed by atoms with Gasteiger partial charge < -0.3 is 15.8 Å². The van der Waals surface area contributed by atoms with Crippen molar-refractivity contribution in [1.29, 1.82) is 0 Å². The van der Waals surface area contributed by atoms with Gasteiger partial charge in [0.25, 0.3) is 0 Å². The lowest BCUT2D eigenvalue weighted by molar-refractivity contribution is 0.292. The van der Waals surface area contributed by atoms with E-state index in [1.165, 1.54) is 0 Å². The molecule has 5 nitrogen and oxygen atoms in total. The first-order valence-electron chi connectivity index (χ1n) is 4.36. The van der Waals surface area contributed by atoms with Crippen molar-refractivity contribution < 1.29 is 13.9 Å². The number of halogens is 2. The van der Waals surface area contributed by atoms with E-state index in [1.54, 1.807) is 0 Å². The Hall–Kier alpha value is -1.47. The van der Waals surface area contributed by atoms with Crippen LogP contribution in [0.25, 0.3) is 0 Å². The van der Waals surface area contributed by atoms with Crippen LogP contribution in [-0.4, -0.2) is 23.2 Å². The van der Waals surface area contributed by atoms with Crippen LogP contribution in [0.5, 0.6) is 0 Å². The van der Waals surface area contributed by atoms with E-state index in [0.29, 0.717) is 19.0 Å². The second-order valence-electron chi connectivity index (χ2n) is 2.80. The number of aliphatic hydroxyl groups excluding tert-OH is 1. The third kappa shape index (κ3) is 3.00. The number of aliphatic hydroxyl groups is 1. The third-order valence-electron chi connectivity index (χ3n) is 1.69. The Kier molecular flexibility index (Phi) is 4.19. The highest BCUT2D eigenvalue weighted by Gasteiger charge is 2.10. The Labute approximate surface area is 85.3 Å². The molecule has 0 atom stereocenters. The minimum atomic E-state index is -0.859. The molecule has 0 saturated heterocycles. The molecule has 7 heteroatoms. The van der Waals surface area contributed by atoms with Crippen LogP contribution >= 0.6 is 0 Å². The molecule has 0 radical (unpaired) electrons. The minimum absolute atomic E-state index is 0.0161. The maximum Gasteiger partial charge on any atom is 0.178 e. The number of nitrogens with one attached hydrogen (secondary N) is 2. The molecule has 0 fully saturated rings. The summed E-state index contributed by atoms with van der Waals surface area (Å²) in [6.45, 7) is 0.327. The normalized spacial score (nSPS) is 10.1. The Morgan fingerprint density at radius 2 is 2.00 bits per heavy atom. The van der Waals surface area contributed by atoms with Crippen molar-refractivity contribution in [2.75, 3.05) is 23.9 Å². The summed E-state index contributed by atoms with van der Waals surface area (Å²) in [7, 11) is 0. The van der Waals surface area contributed by atoms with E-state index in [4.69, 9.17) is 10.9 Å². The molecule has 1 heterocycles. The fourth-order valence-electron chi connectivity index (χ4n) is 0.978. The summed E-state index contributed by atoms with van der Waals surface area (Å²) >= 11 is 0. The van der Waals surface area contributed by atoms with Crippen LogP contribution < -0.4 is 16.6 Å². The quantitative estimate of drug-likeness (QED) is 0.327. The van der Waals surface area contributed by atoms with Gasteiger partial charge in [-0.3, -0.25) is 0 Å². The van der Waals surface area contributed by atoms with Gasteiger partial charge in [-0.2, -0.15) is 0 Å². The van der Waals surface area contributed by atoms with Crippen LogP contribution in [0.3, 0.4) is 0 Å². The van der Waals surface area contributed by atoms with Crippen molar-refractivity contribution in [1.82, 2.24) is 4.98 Å². The molecule has 1 aromatic heterocycles. The fraction of sp³-hybridized carbons (Fsp3) is 0.375. The molecule has 0 amide bonds. The zero-order valence-electron chi connectivity index (χ0n) is 7.93. The molecule has 0 bridgehead atoms. The molecule has 1 rings (SSSR count). The van der Waals surface area contributed by atoms with E-state index in [9.17, 15) is 8.78 Å². The number of nitrogen functional groups attached to an aromatic ring is 1. The molecule has 0 aliphatic carbocycles. The van der Waals surface area contributed by atoms with Crippen LogP contribution in [0.2, 0.25) is 0 Å². The van der Waals surface area contributed by atoms with Crippen LogP contribution in [0.15, 0.2) is 6.07 Å². The molecule has 0 aliphatic heterocycles. The van der Waals surface area contributed by atoms with Crippen molar-refractivity contribution in [2.24, 2.45) is 5.84 Å². The van der Waals surface area contributed by atoms with Gasteiger partial charge in [-0.05, 0) is 6.42 Å². The predicted octanol–water partition coefficient (Wildman–Crippen LogP) is 0.440. The number of hydrazine groups is 1. The maximum absolute atomic E-state index is 13.1. The molecule has 0 aliphatic rings. The zero-order chi connectivity index (χ0) is 11.3. The fourth-order valence-corrected chi connectivity index (χ4v) is 0.978. The van der Waals surface area contributed by atoms with Gasteiger partial charge in [0.15, 0.2) is 23.3 Å². The first-order valence-corrected chi connectivity index (χ1v) is 4.36. The number of nitrogens with two attached hydrogens (primary N) is 1. The van der Waals surface area contributed by atoms with Gasteiger partial charge in [-0.15, -0.1) is 0 Å². The van der Waals surface area contributed by atoms with Gasteiger partial charge in [0.2, 0.25) is 0 Å². The summed E-state index contributed by atoms with van der Waals surface area (Å²) in [5, 5.41) is 11.1. The predicted molar refractivity (Wildman–Crippen MR) is 52.2 cm³/mol. The lowest BCUT2D eigenvalue weighted by Crippen LogP contribution is -2.14. The molecular weight excluding hydrogens is 206 g/mol. The van der Waals surface area contributed by atoms with Gasteiger partial charge in [-0.1, -0.05) is 0 Å². The topological polar surface area (TPSA) is 83.2 Å². The van der Waals surface area contributed by atoms with Crippen molar-refractivity contribution >= 4 is 11.6 Å². The van der Waals surface area contributed by atoms with E-state index < -0.39 is 11.6 Å². The van der Waals surface area contributed by atoms with Crippen molar-refractivity contribution in [3.63, 3.8) is 0 Å². The molecule has 84 valence electrons. The molecule has 0 saturated carbocycles. The molecule has 1 aromatic rings. The second kappa shape index (κ2) is 5.42. The lowest BCUT2D eigenvalue weighted by atomic mass is 10.4. The Morgan fingerprint density at radius 3 is 2.60 bits per heavy atom. The molecule has 0 spiro atoms. The number of hydrogen-bond donors (Lipinski definition) is 4. The van der Waals surface area contributed by atoms with Crippen LogP contribution in [0.1, 0.15) is 6.42 Å². The maximum atomic E-state index is 13.1. The average Bonchev–Trinajstić information content (AvgIpc) is 2.21. The van der Waals surface area contributed by atoms with Gasteiger partial charge in [0.1, 0.15) is 0 Å². The van der Waals surface area contributed by atoms with E-state index >= 15 is 0 Å². The summed E-state index contributed by atoms with van der Waals surface area (Å²) in [6.07, 6.45) is 0.448. The SMILES string of the molecule is NNc1nc(NCCCO)c(F)cc1F. The summed E-state index contributed by atoms with van der Waals surface area (Å²) in [6, 6.07) is 0.684. The highest BCUT2D eigenvalue weighted by atomic mass is 19.1. The third-order valence-corrected chi connectivity index (χ3v) is 1.69. The van der Waals surface area contributed by atoms with Crippen molar-refractivity contribution in [2.45, 2.75) is 6.42 Å². The van der Waals surface area contributed by atoms with Gasteiger partial charge in [-0.25, -0.2) is 19.6 Å². The summed E-state index contributed by atoms with van der Waals surface area (Å²) in [4.78, 5) is 3.58. The Morgan fingerprint density at radius 1 is 1.33 bits per heavy atom. The van der Waals surface area contributed by atoms with Crippen LogP contribution in [0.4, 0.5) is 20.4 Å². The summed E-state index contributed by atoms with van der Waals surface area (Å²) in [5.41, 5.74) is 2.01. The standard InChI is InChI=1S/C8H12F2N4O/c9-5-4-6(10)8(14-11)13-7(5)12-2-1-3-15/h4,15H,1-3,11H2,(H2,12,13,14). The van der Waals surface area contributed by atoms with Gasteiger partial charge >= 0.3 is 0 Å². The number of pyridine rings is 1. The van der Waals surface area contributed by atoms with Gasteiger partial charge in [0.05, 0.1) is 0 Å². The lowest BCUT2D eigenvalue weighted by Gasteiger charge is -2.08. The number of hydrogen-bond acceptors (Lipinski definition) is 5. The number of nitrogens with zero attached hydrogens (tertiary/aromatic N) is 1. The van der Waals surface area contributed by atoms with E-state index in [0.717, 1.165) is 0 Å². The number of rotatable bonds is 5. The highest BCUT2D eigenvalue weighted by Crippen LogP contribution is 2.17. The van der Waals surface area contributed by atoms with E-state index in [1.807, 2.05) is 5.43 Å². The molecule has 0 aromatic carbocycles. The Balaban J connectivity index is 2.78. The molecular formula is C8H12F2N4O. The molecule has 0 unspecified atom stereocenters. The molecule has 15 heavy (non-hydrogen) atoms. The first kappa shape index (κ1) is 11.6. The van der Waals surface area contributed by atoms with Gasteiger partial charge in [0, 0.05) is 19.2 Å². The Bertz CT molecular complexity index is 335.